The molecule has 0 N–H and O–H groups in total. The van der Waals surface area contributed by atoms with Gasteiger partial charge in [-0.25, -0.2) is 0 Å². The van der Waals surface area contributed by atoms with Gasteiger partial charge in [0.15, 0.2) is 5.78 Å². The van der Waals surface area contributed by atoms with Crippen molar-refractivity contribution in [2.24, 2.45) is 11.8 Å². The molecule has 0 radical (unpaired) electrons. The number of rotatable bonds is 0. The Morgan fingerprint density at radius 1 is 1.19 bits per heavy atom. The minimum atomic E-state index is 0.337. The van der Waals surface area contributed by atoms with E-state index in [1.54, 1.807) is 0 Å². The van der Waals surface area contributed by atoms with E-state index >= 15 is 0 Å². The third-order valence-corrected chi connectivity index (χ3v) is 4.25. The Labute approximate surface area is 96.9 Å². The molecular formula is C15H18O. The summed E-state index contributed by atoms with van der Waals surface area (Å²) in [6, 6.07) is 6.32. The number of fused-ring (bicyclic) bond motifs is 2. The topological polar surface area (TPSA) is 17.1 Å². The largest absolute Gasteiger partial charge is 0.294 e. The zero-order valence-corrected chi connectivity index (χ0v) is 9.83. The lowest BCUT2D eigenvalue weighted by atomic mass is 9.68. The predicted octanol–water partition coefficient (Wildman–Crippen LogP) is 3.54. The van der Waals surface area contributed by atoms with E-state index in [0.29, 0.717) is 17.6 Å². The average molecular weight is 214 g/mol. The Bertz CT molecular complexity index is 433. The molecule has 2 atom stereocenters. The van der Waals surface area contributed by atoms with Crippen LogP contribution in [0.4, 0.5) is 0 Å². The second-order valence-electron chi connectivity index (χ2n) is 5.38. The van der Waals surface area contributed by atoms with Crippen molar-refractivity contribution >= 4 is 5.78 Å². The molecule has 2 aliphatic rings. The molecular weight excluding hydrogens is 196 g/mol. The first-order chi connectivity index (χ1) is 7.75. The molecule has 0 unspecified atom stereocenters. The van der Waals surface area contributed by atoms with Crippen LogP contribution in [0, 0.1) is 18.8 Å². The zero-order valence-electron chi connectivity index (χ0n) is 9.83. The highest BCUT2D eigenvalue weighted by Gasteiger charge is 2.36. The van der Waals surface area contributed by atoms with Crippen molar-refractivity contribution in [2.75, 3.05) is 0 Å². The summed E-state index contributed by atoms with van der Waals surface area (Å²) in [5.41, 5.74) is 3.59. The van der Waals surface area contributed by atoms with Gasteiger partial charge in [0.2, 0.25) is 0 Å². The van der Waals surface area contributed by atoms with E-state index in [1.807, 2.05) is 6.07 Å². The molecule has 1 heteroatoms. The molecule has 0 saturated heterocycles. The highest BCUT2D eigenvalue weighted by atomic mass is 16.1. The number of hydrogen-bond donors (Lipinski definition) is 0. The van der Waals surface area contributed by atoms with E-state index in [-0.39, 0.29) is 0 Å². The van der Waals surface area contributed by atoms with Crippen molar-refractivity contribution in [1.29, 1.82) is 0 Å². The van der Waals surface area contributed by atoms with Crippen molar-refractivity contribution in [2.45, 2.75) is 39.0 Å². The van der Waals surface area contributed by atoms with Gasteiger partial charge in [0, 0.05) is 11.5 Å². The smallest absolute Gasteiger partial charge is 0.166 e. The summed E-state index contributed by atoms with van der Waals surface area (Å²) in [7, 11) is 0. The fraction of sp³-hybridized carbons (Fsp3) is 0.533. The number of Topliss-reactive ketones (excluding diaryl/α,β-unsaturated/α-hetero) is 1. The molecule has 0 amide bonds. The summed E-state index contributed by atoms with van der Waals surface area (Å²) < 4.78 is 0. The van der Waals surface area contributed by atoms with E-state index < -0.39 is 0 Å². The number of carbonyl (C=O) groups is 1. The lowest BCUT2D eigenvalue weighted by Gasteiger charge is -2.35. The molecule has 0 bridgehead atoms. The molecule has 1 aromatic carbocycles. The highest BCUT2D eigenvalue weighted by molar-refractivity contribution is 6.00. The summed E-state index contributed by atoms with van der Waals surface area (Å²) in [5, 5.41) is 0. The molecule has 0 aromatic heterocycles. The van der Waals surface area contributed by atoms with E-state index in [0.717, 1.165) is 18.4 Å². The van der Waals surface area contributed by atoms with Gasteiger partial charge in [0.25, 0.3) is 0 Å². The SMILES string of the molecule is Cc1ccc2c(c1)C[C@H]1CCCC[C@H]1C2=O. The first-order valence-electron chi connectivity index (χ1n) is 6.39. The first kappa shape index (κ1) is 10.1. The number of ketones is 1. The molecule has 0 aliphatic heterocycles. The second-order valence-corrected chi connectivity index (χ2v) is 5.38. The van der Waals surface area contributed by atoms with E-state index in [2.05, 4.69) is 19.1 Å². The summed E-state index contributed by atoms with van der Waals surface area (Å²) >= 11 is 0. The Kier molecular flexibility index (Phi) is 2.34. The van der Waals surface area contributed by atoms with E-state index in [4.69, 9.17) is 0 Å². The van der Waals surface area contributed by atoms with Crippen LogP contribution in [0.2, 0.25) is 0 Å². The Hall–Kier alpha value is -1.11. The first-order valence-corrected chi connectivity index (χ1v) is 6.39. The average Bonchev–Trinajstić information content (AvgIpc) is 2.29. The summed E-state index contributed by atoms with van der Waals surface area (Å²) in [5.74, 6) is 1.39. The van der Waals surface area contributed by atoms with Crippen LogP contribution in [0.25, 0.3) is 0 Å². The Balaban J connectivity index is 2.03. The van der Waals surface area contributed by atoms with Crippen molar-refractivity contribution in [3.63, 3.8) is 0 Å². The van der Waals surface area contributed by atoms with Gasteiger partial charge in [-0.2, -0.15) is 0 Å². The normalized spacial score (nSPS) is 28.4. The molecule has 3 rings (SSSR count). The highest BCUT2D eigenvalue weighted by Crippen LogP contribution is 2.39. The molecule has 1 saturated carbocycles. The zero-order chi connectivity index (χ0) is 11.1. The van der Waals surface area contributed by atoms with Gasteiger partial charge in [0.1, 0.15) is 0 Å². The molecule has 2 aliphatic carbocycles. The summed E-state index contributed by atoms with van der Waals surface area (Å²) in [4.78, 5) is 12.4. The number of carbonyl (C=O) groups excluding carboxylic acids is 1. The molecule has 1 fully saturated rings. The Morgan fingerprint density at radius 2 is 2.00 bits per heavy atom. The van der Waals surface area contributed by atoms with Crippen LogP contribution < -0.4 is 0 Å². The second kappa shape index (κ2) is 3.73. The standard InChI is InChI=1S/C15H18O/c1-10-6-7-14-12(8-10)9-11-4-2-3-5-13(11)15(14)16/h6-8,11,13H,2-5,9H2,1H3/t11-,13-/m1/s1. The lowest BCUT2D eigenvalue weighted by molar-refractivity contribution is 0.0800. The quantitative estimate of drug-likeness (QED) is 0.645. The maximum absolute atomic E-state index is 12.4. The van der Waals surface area contributed by atoms with Crippen LogP contribution in [0.1, 0.15) is 47.2 Å². The van der Waals surface area contributed by atoms with Gasteiger partial charge < -0.3 is 0 Å². The van der Waals surface area contributed by atoms with Crippen molar-refractivity contribution < 1.29 is 4.79 Å². The van der Waals surface area contributed by atoms with Gasteiger partial charge in [0.05, 0.1) is 0 Å². The monoisotopic (exact) mass is 214 g/mol. The maximum Gasteiger partial charge on any atom is 0.166 e. The summed E-state index contributed by atoms with van der Waals surface area (Å²) in [6.07, 6.45) is 6.07. The molecule has 0 heterocycles. The van der Waals surface area contributed by atoms with Gasteiger partial charge in [-0.3, -0.25) is 4.79 Å². The molecule has 1 aromatic rings. The predicted molar refractivity (Wildman–Crippen MR) is 64.7 cm³/mol. The minimum Gasteiger partial charge on any atom is -0.294 e. The van der Waals surface area contributed by atoms with Gasteiger partial charge in [-0.15, -0.1) is 0 Å². The third-order valence-electron chi connectivity index (χ3n) is 4.25. The van der Waals surface area contributed by atoms with Crippen LogP contribution in [0.15, 0.2) is 18.2 Å². The molecule has 0 spiro atoms. The van der Waals surface area contributed by atoms with Crippen LogP contribution in [0.3, 0.4) is 0 Å². The fourth-order valence-electron chi connectivity index (χ4n) is 3.41. The van der Waals surface area contributed by atoms with Crippen LogP contribution in [0.5, 0.6) is 0 Å². The number of benzene rings is 1. The Morgan fingerprint density at radius 3 is 2.88 bits per heavy atom. The summed E-state index contributed by atoms with van der Waals surface area (Å²) in [6.45, 7) is 2.11. The molecule has 16 heavy (non-hydrogen) atoms. The van der Waals surface area contributed by atoms with Crippen molar-refractivity contribution in [3.05, 3.63) is 34.9 Å². The molecule has 1 nitrogen and oxygen atoms in total. The minimum absolute atomic E-state index is 0.337. The van der Waals surface area contributed by atoms with E-state index in [9.17, 15) is 4.79 Å². The van der Waals surface area contributed by atoms with Crippen LogP contribution in [-0.4, -0.2) is 5.78 Å². The number of hydrogen-bond acceptors (Lipinski definition) is 1. The van der Waals surface area contributed by atoms with Gasteiger partial charge in [-0.1, -0.05) is 36.6 Å². The maximum atomic E-state index is 12.4. The lowest BCUT2D eigenvalue weighted by Crippen LogP contribution is -2.33. The van der Waals surface area contributed by atoms with Crippen LogP contribution >= 0.6 is 0 Å². The van der Waals surface area contributed by atoms with Gasteiger partial charge >= 0.3 is 0 Å². The fourth-order valence-corrected chi connectivity index (χ4v) is 3.41. The van der Waals surface area contributed by atoms with Crippen LogP contribution in [-0.2, 0) is 6.42 Å². The molecule has 84 valence electrons. The van der Waals surface area contributed by atoms with Crippen molar-refractivity contribution in [1.82, 2.24) is 0 Å². The van der Waals surface area contributed by atoms with Gasteiger partial charge in [-0.05, 0) is 37.7 Å². The third kappa shape index (κ3) is 1.50. The number of aryl methyl sites for hydroxylation is 1. The van der Waals surface area contributed by atoms with E-state index in [1.165, 1.54) is 30.4 Å². The van der Waals surface area contributed by atoms with Crippen molar-refractivity contribution in [3.8, 4) is 0 Å².